The van der Waals surface area contributed by atoms with E-state index in [4.69, 9.17) is 14.6 Å². The molecule has 29 heavy (non-hydrogen) atoms. The van der Waals surface area contributed by atoms with E-state index in [0.29, 0.717) is 14.6 Å². The maximum Gasteiger partial charge on any atom is 0.412 e. The fourth-order valence-electron chi connectivity index (χ4n) is 2.39. The number of carbonyl (C=O) groups is 2. The lowest BCUT2D eigenvalue weighted by atomic mass is 10.0. The van der Waals surface area contributed by atoms with Crippen molar-refractivity contribution in [1.29, 1.82) is 0 Å². The average molecular weight is 594 g/mol. The Bertz CT molecular complexity index is 917. The summed E-state index contributed by atoms with van der Waals surface area (Å²) in [6.07, 6.45) is -0.817. The Morgan fingerprint density at radius 3 is 2.34 bits per heavy atom. The number of phenols is 1. The van der Waals surface area contributed by atoms with Crippen molar-refractivity contribution >= 4 is 65.5 Å². The average Bonchev–Trinajstić information content (AvgIpc) is 2.66. The van der Waals surface area contributed by atoms with Gasteiger partial charge in [-0.25, -0.2) is 9.59 Å². The number of aromatic hydroxyl groups is 1. The van der Waals surface area contributed by atoms with Gasteiger partial charge in [0.15, 0.2) is 6.10 Å². The first kappa shape index (κ1) is 23.4. The van der Waals surface area contributed by atoms with E-state index in [1.165, 1.54) is 13.2 Å². The lowest BCUT2D eigenvalue weighted by molar-refractivity contribution is -0.131. The molecule has 0 aliphatic rings. The Morgan fingerprint density at radius 2 is 1.76 bits per heavy atom. The highest BCUT2D eigenvalue weighted by Crippen LogP contribution is 2.39. The van der Waals surface area contributed by atoms with Gasteiger partial charge in [-0.05, 0) is 58.4 Å². The molecule has 0 saturated heterocycles. The number of phenolic OH excluding ortho intramolecular Hbond substituents is 1. The van der Waals surface area contributed by atoms with E-state index >= 15 is 0 Å². The summed E-state index contributed by atoms with van der Waals surface area (Å²) in [4.78, 5) is 23.4. The number of carbonyl (C=O) groups excluding carboxylic acids is 1. The predicted molar refractivity (Wildman–Crippen MR) is 118 cm³/mol. The van der Waals surface area contributed by atoms with Crippen LogP contribution in [-0.2, 0) is 14.3 Å². The number of carboxylic acid groups (broad SMARTS) is 1. The third-order valence-electron chi connectivity index (χ3n) is 3.69. The fraction of sp³-hybridized carbons (Fsp3) is 0.158. The van der Waals surface area contributed by atoms with E-state index in [2.05, 4.69) is 53.1 Å². The number of rotatable bonds is 7. The lowest BCUT2D eigenvalue weighted by Gasteiger charge is -2.25. The number of carboxylic acids is 1. The Hall–Kier alpha value is -1.88. The normalized spacial score (nSPS) is 13.1. The van der Waals surface area contributed by atoms with Crippen LogP contribution in [0, 0.1) is 0 Å². The second-order valence-electron chi connectivity index (χ2n) is 5.68. The molecule has 0 fully saturated rings. The number of amides is 1. The molecule has 2 aromatic carbocycles. The van der Waals surface area contributed by atoms with Gasteiger partial charge in [-0.1, -0.05) is 31.9 Å². The molecule has 10 heteroatoms. The number of hydrogen-bond acceptors (Lipinski definition) is 5. The van der Waals surface area contributed by atoms with Gasteiger partial charge < -0.3 is 19.7 Å². The number of nitrogens with one attached hydrogen (secondary N) is 1. The molecule has 0 unspecified atom stereocenters. The van der Waals surface area contributed by atoms with Crippen molar-refractivity contribution in [2.75, 3.05) is 12.4 Å². The van der Waals surface area contributed by atoms with Crippen LogP contribution >= 0.6 is 47.8 Å². The smallest absolute Gasteiger partial charge is 0.412 e. The summed E-state index contributed by atoms with van der Waals surface area (Å²) >= 11 is 9.86. The van der Waals surface area contributed by atoms with Crippen LogP contribution in [0.25, 0.3) is 0 Å². The van der Waals surface area contributed by atoms with Gasteiger partial charge in [-0.3, -0.25) is 5.32 Å². The Balaban J connectivity index is 2.37. The monoisotopic (exact) mass is 591 g/mol. The third kappa shape index (κ3) is 6.84. The Labute approximate surface area is 192 Å². The summed E-state index contributed by atoms with van der Waals surface area (Å²) in [7, 11) is 1.34. The van der Waals surface area contributed by atoms with E-state index in [1.54, 1.807) is 36.4 Å². The quantitative estimate of drug-likeness (QED) is 0.360. The van der Waals surface area contributed by atoms with Gasteiger partial charge in [0.25, 0.3) is 0 Å². The molecule has 1 amide bonds. The largest absolute Gasteiger partial charge is 0.506 e. The van der Waals surface area contributed by atoms with E-state index in [-0.39, 0.29) is 11.3 Å². The molecule has 0 aromatic heterocycles. The molecule has 3 N–H and O–H groups in total. The first-order valence-electron chi connectivity index (χ1n) is 8.06. The van der Waals surface area contributed by atoms with E-state index < -0.39 is 24.3 Å². The van der Waals surface area contributed by atoms with Crippen LogP contribution in [0.1, 0.15) is 11.7 Å². The molecule has 0 heterocycles. The van der Waals surface area contributed by atoms with Crippen LogP contribution in [-0.4, -0.2) is 35.5 Å². The zero-order valence-corrected chi connectivity index (χ0v) is 19.7. The number of hydrogen-bond donors (Lipinski definition) is 3. The SMILES string of the molecule is CO[C@@H](/C=C/C(=O)O)[C@@H](OC(=O)Nc1ccc(Br)cc1)c1cc(Br)cc(Br)c1O. The van der Waals surface area contributed by atoms with Crippen molar-refractivity contribution in [3.05, 3.63) is 67.5 Å². The Morgan fingerprint density at radius 1 is 1.10 bits per heavy atom. The minimum Gasteiger partial charge on any atom is -0.506 e. The highest BCUT2D eigenvalue weighted by atomic mass is 79.9. The summed E-state index contributed by atoms with van der Waals surface area (Å²) in [5.74, 6) is -1.36. The molecule has 2 aromatic rings. The van der Waals surface area contributed by atoms with Crippen molar-refractivity contribution in [2.24, 2.45) is 0 Å². The second-order valence-corrected chi connectivity index (χ2v) is 8.37. The molecule has 0 saturated carbocycles. The molecular weight excluding hydrogens is 578 g/mol. The van der Waals surface area contributed by atoms with Crippen molar-refractivity contribution in [1.82, 2.24) is 0 Å². The predicted octanol–water partition coefficient (Wildman–Crippen LogP) is 5.63. The van der Waals surface area contributed by atoms with Crippen LogP contribution in [0.5, 0.6) is 5.75 Å². The summed E-state index contributed by atoms with van der Waals surface area (Å²) < 4.78 is 12.6. The number of aliphatic carboxylic acids is 1. The van der Waals surface area contributed by atoms with Gasteiger partial charge >= 0.3 is 12.1 Å². The zero-order chi connectivity index (χ0) is 21.6. The van der Waals surface area contributed by atoms with Crippen LogP contribution in [0.15, 0.2) is 62.0 Å². The van der Waals surface area contributed by atoms with E-state index in [0.717, 1.165) is 10.5 Å². The minimum absolute atomic E-state index is 0.166. The van der Waals surface area contributed by atoms with Crippen LogP contribution in [0.3, 0.4) is 0 Å². The lowest BCUT2D eigenvalue weighted by Crippen LogP contribution is -2.27. The molecule has 0 aliphatic heterocycles. The molecule has 0 spiro atoms. The highest BCUT2D eigenvalue weighted by Gasteiger charge is 2.29. The van der Waals surface area contributed by atoms with Crippen molar-refractivity contribution in [2.45, 2.75) is 12.2 Å². The first-order valence-corrected chi connectivity index (χ1v) is 10.4. The number of methoxy groups -OCH3 is 1. The van der Waals surface area contributed by atoms with Crippen LogP contribution < -0.4 is 5.32 Å². The number of ether oxygens (including phenoxy) is 2. The zero-order valence-electron chi connectivity index (χ0n) is 14.9. The summed E-state index contributed by atoms with van der Waals surface area (Å²) in [5, 5.41) is 22.0. The first-order chi connectivity index (χ1) is 13.7. The molecule has 154 valence electrons. The second kappa shape index (κ2) is 10.8. The standard InChI is InChI=1S/C19H16Br3NO6/c1-28-15(6-7-16(24)25)18(13-8-11(21)9-14(22)17(13)26)29-19(27)23-12-4-2-10(20)3-5-12/h2-9,15,18,26H,1H3,(H,23,27)(H,24,25)/b7-6+/t15-,18-/m0/s1. The van der Waals surface area contributed by atoms with Gasteiger partial charge in [-0.2, -0.15) is 0 Å². The molecule has 7 nitrogen and oxygen atoms in total. The van der Waals surface area contributed by atoms with Gasteiger partial charge in [0.05, 0.1) is 4.47 Å². The Kier molecular flexibility index (Phi) is 8.69. The van der Waals surface area contributed by atoms with Crippen LogP contribution in [0.2, 0.25) is 0 Å². The maximum atomic E-state index is 12.5. The highest BCUT2D eigenvalue weighted by molar-refractivity contribution is 9.11. The van der Waals surface area contributed by atoms with Crippen LogP contribution in [0.4, 0.5) is 10.5 Å². The molecule has 0 aliphatic carbocycles. The van der Waals surface area contributed by atoms with Gasteiger partial charge in [0.1, 0.15) is 11.9 Å². The maximum absolute atomic E-state index is 12.5. The number of anilines is 1. The van der Waals surface area contributed by atoms with Crippen molar-refractivity contribution < 1.29 is 29.3 Å². The van der Waals surface area contributed by atoms with Crippen molar-refractivity contribution in [3.8, 4) is 5.75 Å². The van der Waals surface area contributed by atoms with Gasteiger partial charge in [-0.15, -0.1) is 0 Å². The molecule has 0 bridgehead atoms. The van der Waals surface area contributed by atoms with E-state index in [1.807, 2.05) is 0 Å². The third-order valence-corrected chi connectivity index (χ3v) is 5.28. The summed E-state index contributed by atoms with van der Waals surface area (Å²) in [6, 6.07) is 10.0. The topological polar surface area (TPSA) is 105 Å². The summed E-state index contributed by atoms with van der Waals surface area (Å²) in [6.45, 7) is 0. The summed E-state index contributed by atoms with van der Waals surface area (Å²) in [5.41, 5.74) is 0.714. The molecule has 2 rings (SSSR count). The number of benzene rings is 2. The molecule has 2 atom stereocenters. The van der Waals surface area contributed by atoms with Crippen molar-refractivity contribution in [3.63, 3.8) is 0 Å². The number of halogens is 3. The molecule has 0 radical (unpaired) electrons. The minimum atomic E-state index is -1.19. The molecular formula is C19H16Br3NO6. The van der Waals surface area contributed by atoms with E-state index in [9.17, 15) is 14.7 Å². The van der Waals surface area contributed by atoms with Gasteiger partial charge in [0.2, 0.25) is 0 Å². The fourth-order valence-corrected chi connectivity index (χ4v) is 3.91. The van der Waals surface area contributed by atoms with Gasteiger partial charge in [0, 0.05) is 33.4 Å².